The van der Waals surface area contributed by atoms with Crippen molar-refractivity contribution in [3.05, 3.63) is 68.1 Å². The molecule has 0 atom stereocenters. The summed E-state index contributed by atoms with van der Waals surface area (Å²) in [5.41, 5.74) is 6.36. The van der Waals surface area contributed by atoms with Crippen LogP contribution >= 0.6 is 0 Å². The first-order valence-corrected chi connectivity index (χ1v) is 9.69. The van der Waals surface area contributed by atoms with Gasteiger partial charge in [-0.3, -0.25) is 4.79 Å². The Bertz CT molecular complexity index is 980. The van der Waals surface area contributed by atoms with Gasteiger partial charge < -0.3 is 0 Å². The zero-order valence-electron chi connectivity index (χ0n) is 18.5. The van der Waals surface area contributed by atoms with Gasteiger partial charge in [0.2, 0.25) is 0 Å². The van der Waals surface area contributed by atoms with Crippen LogP contribution in [-0.2, 0) is 10.2 Å². The Labute approximate surface area is 164 Å². The normalized spacial score (nSPS) is 18.4. The van der Waals surface area contributed by atoms with E-state index in [0.29, 0.717) is 0 Å². The summed E-state index contributed by atoms with van der Waals surface area (Å²) < 4.78 is 0. The maximum absolute atomic E-state index is 12.6. The summed E-state index contributed by atoms with van der Waals surface area (Å²) in [6.07, 6.45) is 6.29. The van der Waals surface area contributed by atoms with E-state index in [2.05, 4.69) is 86.3 Å². The number of carbonyl (C=O) groups excluding carboxylic acids is 1. The zero-order chi connectivity index (χ0) is 20.7. The zero-order valence-corrected chi connectivity index (χ0v) is 18.5. The van der Waals surface area contributed by atoms with Gasteiger partial charge in [-0.1, -0.05) is 66.3 Å². The number of allylic oxidation sites excluding steroid dienone is 6. The molecule has 1 aromatic carbocycles. The summed E-state index contributed by atoms with van der Waals surface area (Å²) in [7, 11) is 0. The number of rotatable bonds is 1. The molecule has 144 valence electrons. The maximum atomic E-state index is 12.6. The standard InChI is InChI=1S/C26H34O/c1-16-11-20(14-22(19(16)4)25(5,6)7)12-17(2)21-13-18(3)24(27)23(15-21)26(8,9)10/h11-15H,4H2,1-3,5-10H3/b20-12-,21-17+. The minimum atomic E-state index is -0.163. The highest BCUT2D eigenvalue weighted by atomic mass is 16.1. The van der Waals surface area contributed by atoms with Crippen molar-refractivity contribution in [2.75, 3.05) is 0 Å². The van der Waals surface area contributed by atoms with Crippen LogP contribution in [0.25, 0.3) is 12.7 Å². The van der Waals surface area contributed by atoms with E-state index in [1.54, 1.807) is 0 Å². The van der Waals surface area contributed by atoms with Gasteiger partial charge in [0.05, 0.1) is 0 Å². The monoisotopic (exact) mass is 362 g/mol. The lowest BCUT2D eigenvalue weighted by atomic mass is 9.78. The smallest absolute Gasteiger partial charge is 0.185 e. The molecule has 1 aliphatic rings. The van der Waals surface area contributed by atoms with Crippen molar-refractivity contribution in [3.8, 4) is 0 Å². The lowest BCUT2D eigenvalue weighted by molar-refractivity contribution is -0.113. The van der Waals surface area contributed by atoms with Gasteiger partial charge >= 0.3 is 0 Å². The Morgan fingerprint density at radius 3 is 2.07 bits per heavy atom. The van der Waals surface area contributed by atoms with Crippen molar-refractivity contribution in [1.82, 2.24) is 0 Å². The molecule has 0 N–H and O–H groups in total. The summed E-state index contributed by atoms with van der Waals surface area (Å²) in [4.78, 5) is 12.6. The van der Waals surface area contributed by atoms with Gasteiger partial charge in [0.15, 0.2) is 5.78 Å². The topological polar surface area (TPSA) is 17.1 Å². The van der Waals surface area contributed by atoms with Crippen molar-refractivity contribution >= 4 is 18.4 Å². The van der Waals surface area contributed by atoms with Gasteiger partial charge in [0.25, 0.3) is 0 Å². The molecule has 0 aliphatic heterocycles. The van der Waals surface area contributed by atoms with E-state index in [1.807, 2.05) is 13.0 Å². The number of benzene rings is 1. The van der Waals surface area contributed by atoms with E-state index >= 15 is 0 Å². The van der Waals surface area contributed by atoms with Crippen LogP contribution in [0.2, 0.25) is 0 Å². The van der Waals surface area contributed by atoms with E-state index in [1.165, 1.54) is 21.9 Å². The summed E-state index contributed by atoms with van der Waals surface area (Å²) in [5.74, 6) is 0.159. The first-order chi connectivity index (χ1) is 12.2. The van der Waals surface area contributed by atoms with Crippen LogP contribution in [0.5, 0.6) is 0 Å². The molecule has 1 aliphatic carbocycles. The van der Waals surface area contributed by atoms with Gasteiger partial charge in [-0.15, -0.1) is 0 Å². The van der Waals surface area contributed by atoms with Crippen LogP contribution in [0.4, 0.5) is 0 Å². The SMILES string of the molecule is C=c1c(C)c/c(=C/C(C)=C2\C=C(C)C(=O)C(C(C)(C)C)=C2)cc1C(C)(C)C. The molecule has 1 nitrogen and oxygen atoms in total. The number of hydrogen-bond donors (Lipinski definition) is 0. The molecule has 0 amide bonds. The van der Waals surface area contributed by atoms with Crippen LogP contribution < -0.4 is 10.4 Å². The first kappa shape index (κ1) is 21.2. The fourth-order valence-corrected chi connectivity index (χ4v) is 3.49. The van der Waals surface area contributed by atoms with Gasteiger partial charge in [-0.05, 0) is 82.0 Å². The van der Waals surface area contributed by atoms with Crippen molar-refractivity contribution in [3.63, 3.8) is 0 Å². The lowest BCUT2D eigenvalue weighted by Crippen LogP contribution is -2.27. The number of hydrogen-bond acceptors (Lipinski definition) is 1. The van der Waals surface area contributed by atoms with Gasteiger partial charge in [-0.25, -0.2) is 0 Å². The van der Waals surface area contributed by atoms with Crippen LogP contribution in [-0.4, -0.2) is 5.78 Å². The van der Waals surface area contributed by atoms with E-state index in [0.717, 1.165) is 21.9 Å². The van der Waals surface area contributed by atoms with Crippen molar-refractivity contribution in [2.45, 2.75) is 67.7 Å². The van der Waals surface area contributed by atoms with E-state index < -0.39 is 0 Å². The molecule has 0 radical (unpaired) electrons. The Balaban J connectivity index is 2.69. The number of Topliss-reactive ketones (excluding diaryl/α,β-unsaturated/α-hetero) is 1. The fraction of sp³-hybridized carbons (Fsp3) is 0.423. The van der Waals surface area contributed by atoms with E-state index in [4.69, 9.17) is 0 Å². The largest absolute Gasteiger partial charge is 0.289 e. The third-order valence-electron chi connectivity index (χ3n) is 5.22. The third-order valence-corrected chi connectivity index (χ3v) is 5.22. The summed E-state index contributed by atoms with van der Waals surface area (Å²) in [6, 6.07) is 4.44. The molecule has 0 saturated heterocycles. The average Bonchev–Trinajstić information content (AvgIpc) is 2.50. The molecule has 0 spiro atoms. The fourth-order valence-electron chi connectivity index (χ4n) is 3.49. The summed E-state index contributed by atoms with van der Waals surface area (Å²) >= 11 is 0. The Morgan fingerprint density at radius 2 is 1.56 bits per heavy atom. The highest BCUT2D eigenvalue weighted by Gasteiger charge is 2.27. The van der Waals surface area contributed by atoms with Gasteiger partial charge in [0, 0.05) is 5.57 Å². The second-order valence-corrected chi connectivity index (χ2v) is 9.86. The molecule has 0 heterocycles. The van der Waals surface area contributed by atoms with Gasteiger partial charge in [-0.2, -0.15) is 0 Å². The molecule has 0 fully saturated rings. The molecule has 1 aromatic rings. The summed E-state index contributed by atoms with van der Waals surface area (Å²) in [6.45, 7) is 23.4. The van der Waals surface area contributed by atoms with E-state index in [-0.39, 0.29) is 16.6 Å². The first-order valence-electron chi connectivity index (χ1n) is 9.69. The molecule has 0 bridgehead atoms. The maximum Gasteiger partial charge on any atom is 0.185 e. The van der Waals surface area contributed by atoms with Crippen molar-refractivity contribution < 1.29 is 4.79 Å². The van der Waals surface area contributed by atoms with Crippen LogP contribution in [0.15, 0.2) is 46.6 Å². The minimum Gasteiger partial charge on any atom is -0.289 e. The third kappa shape index (κ3) is 4.58. The second kappa shape index (κ2) is 7.11. The second-order valence-electron chi connectivity index (χ2n) is 9.86. The van der Waals surface area contributed by atoms with Crippen molar-refractivity contribution in [1.29, 1.82) is 0 Å². The van der Waals surface area contributed by atoms with Crippen LogP contribution in [0.1, 0.15) is 66.5 Å². The molecule has 27 heavy (non-hydrogen) atoms. The Hall–Kier alpha value is -2.15. The Morgan fingerprint density at radius 1 is 0.963 bits per heavy atom. The van der Waals surface area contributed by atoms with Gasteiger partial charge in [0.1, 0.15) is 0 Å². The minimum absolute atomic E-state index is 0.0554. The highest BCUT2D eigenvalue weighted by molar-refractivity contribution is 6.10. The predicted octanol–water partition coefficient (Wildman–Crippen LogP) is 5.30. The van der Waals surface area contributed by atoms with Crippen LogP contribution in [0.3, 0.4) is 0 Å². The Kier molecular flexibility index (Phi) is 5.57. The molecular weight excluding hydrogens is 328 g/mol. The average molecular weight is 363 g/mol. The highest BCUT2D eigenvalue weighted by Crippen LogP contribution is 2.33. The van der Waals surface area contributed by atoms with Crippen molar-refractivity contribution in [2.24, 2.45) is 5.41 Å². The molecule has 0 aromatic heterocycles. The number of ketones is 1. The molecule has 2 rings (SSSR count). The predicted molar refractivity (Wildman–Crippen MR) is 118 cm³/mol. The quantitative estimate of drug-likeness (QED) is 0.662. The number of carbonyl (C=O) groups is 1. The number of aryl methyl sites for hydroxylation is 1. The van der Waals surface area contributed by atoms with E-state index in [9.17, 15) is 4.79 Å². The summed E-state index contributed by atoms with van der Waals surface area (Å²) in [5, 5.41) is 2.31. The molecular formula is C26H34O. The molecule has 0 unspecified atom stereocenters. The van der Waals surface area contributed by atoms with Crippen LogP contribution in [0, 0.1) is 12.3 Å². The lowest BCUT2D eigenvalue weighted by Gasteiger charge is -2.25. The molecule has 1 heteroatoms. The molecule has 0 saturated carbocycles.